The van der Waals surface area contributed by atoms with Gasteiger partial charge >= 0.3 is 0 Å². The van der Waals surface area contributed by atoms with Crippen molar-refractivity contribution in [3.8, 4) is 11.5 Å². The topological polar surface area (TPSA) is 39.7 Å². The van der Waals surface area contributed by atoms with Crippen molar-refractivity contribution in [2.45, 2.75) is 31.4 Å². The van der Waals surface area contributed by atoms with Gasteiger partial charge in [-0.15, -0.1) is 0 Å². The van der Waals surface area contributed by atoms with Crippen molar-refractivity contribution in [2.75, 3.05) is 26.4 Å². The molecule has 0 aromatic heterocycles. The van der Waals surface area contributed by atoms with Gasteiger partial charge in [-0.2, -0.15) is 0 Å². The Balaban J connectivity index is 1.55. The van der Waals surface area contributed by atoms with Crippen molar-refractivity contribution in [3.05, 3.63) is 22.7 Å². The highest BCUT2D eigenvalue weighted by molar-refractivity contribution is 6.32. The van der Waals surface area contributed by atoms with Gasteiger partial charge in [0.2, 0.25) is 0 Å². The van der Waals surface area contributed by atoms with Crippen LogP contribution in [0.3, 0.4) is 0 Å². The Labute approximate surface area is 129 Å². The van der Waals surface area contributed by atoms with Crippen LogP contribution in [0, 0.1) is 5.92 Å². The first-order valence-electron chi connectivity index (χ1n) is 7.75. The summed E-state index contributed by atoms with van der Waals surface area (Å²) in [7, 11) is 0. The summed E-state index contributed by atoms with van der Waals surface area (Å²) >= 11 is 6.33. The monoisotopic (exact) mass is 309 g/mol. The molecule has 0 amide bonds. The number of ether oxygens (including phenoxy) is 3. The van der Waals surface area contributed by atoms with E-state index in [1.807, 2.05) is 12.1 Å². The minimum absolute atomic E-state index is 0.101. The molecular formula is C16H20ClNO3. The summed E-state index contributed by atoms with van der Waals surface area (Å²) in [4.78, 5) is 0. The van der Waals surface area contributed by atoms with E-state index in [1.54, 1.807) is 0 Å². The zero-order chi connectivity index (χ0) is 14.2. The lowest BCUT2D eigenvalue weighted by atomic mass is 9.95. The van der Waals surface area contributed by atoms with E-state index in [0.29, 0.717) is 29.9 Å². The molecule has 2 fully saturated rings. The number of fused-ring (bicyclic) bond motifs is 1. The summed E-state index contributed by atoms with van der Waals surface area (Å²) in [5, 5.41) is 4.22. The smallest absolute Gasteiger partial charge is 0.179 e. The zero-order valence-electron chi connectivity index (χ0n) is 11.9. The van der Waals surface area contributed by atoms with Gasteiger partial charge in [0.15, 0.2) is 11.5 Å². The van der Waals surface area contributed by atoms with Crippen molar-refractivity contribution in [1.82, 2.24) is 5.32 Å². The van der Waals surface area contributed by atoms with Gasteiger partial charge in [0.05, 0.1) is 11.1 Å². The standard InChI is InChI=1S/C16H20ClNO3/c17-13-7-11(8-14-16(13)21-6-5-19-14)15-10(3-4-20-15)9-18-12-1-2-12/h7-8,10,12,15,18H,1-6,9H2. The highest BCUT2D eigenvalue weighted by Crippen LogP contribution is 2.43. The molecule has 4 nitrogen and oxygen atoms in total. The Morgan fingerprint density at radius 3 is 2.81 bits per heavy atom. The first-order valence-corrected chi connectivity index (χ1v) is 8.13. The van der Waals surface area contributed by atoms with Crippen LogP contribution in [-0.4, -0.2) is 32.4 Å². The summed E-state index contributed by atoms with van der Waals surface area (Å²) in [6.07, 6.45) is 3.82. The molecule has 2 heterocycles. The normalized spacial score (nSPS) is 27.9. The Kier molecular flexibility index (Phi) is 3.69. The van der Waals surface area contributed by atoms with Gasteiger partial charge < -0.3 is 19.5 Å². The molecule has 0 spiro atoms. The van der Waals surface area contributed by atoms with Crippen molar-refractivity contribution in [1.29, 1.82) is 0 Å². The van der Waals surface area contributed by atoms with Crippen LogP contribution >= 0.6 is 11.6 Å². The van der Waals surface area contributed by atoms with Crippen LogP contribution in [0.1, 0.15) is 30.9 Å². The average Bonchev–Trinajstić information content (AvgIpc) is 3.21. The summed E-state index contributed by atoms with van der Waals surface area (Å²) in [6, 6.07) is 4.73. The second kappa shape index (κ2) is 5.67. The molecule has 5 heteroatoms. The highest BCUT2D eigenvalue weighted by Gasteiger charge is 2.33. The number of nitrogens with one attached hydrogen (secondary N) is 1. The third kappa shape index (κ3) is 2.85. The first-order chi connectivity index (χ1) is 10.3. The maximum absolute atomic E-state index is 6.33. The van der Waals surface area contributed by atoms with Gasteiger partial charge in [0.25, 0.3) is 0 Å². The van der Waals surface area contributed by atoms with Gasteiger partial charge in [0, 0.05) is 25.1 Å². The lowest BCUT2D eigenvalue weighted by Crippen LogP contribution is -2.26. The molecular weight excluding hydrogens is 290 g/mol. The van der Waals surface area contributed by atoms with Crippen molar-refractivity contribution < 1.29 is 14.2 Å². The van der Waals surface area contributed by atoms with Gasteiger partial charge in [-0.05, 0) is 37.0 Å². The predicted octanol–water partition coefficient (Wildman–Crippen LogP) is 2.94. The van der Waals surface area contributed by atoms with E-state index in [9.17, 15) is 0 Å². The Morgan fingerprint density at radius 2 is 1.95 bits per heavy atom. The molecule has 1 aromatic carbocycles. The summed E-state index contributed by atoms with van der Waals surface area (Å²) in [5.41, 5.74) is 1.10. The van der Waals surface area contributed by atoms with Crippen LogP contribution in [0.25, 0.3) is 0 Å². The lowest BCUT2D eigenvalue weighted by Gasteiger charge is -2.24. The van der Waals surface area contributed by atoms with Crippen LogP contribution in [0.5, 0.6) is 11.5 Å². The molecule has 0 bridgehead atoms. The molecule has 0 radical (unpaired) electrons. The molecule has 1 aliphatic carbocycles. The van der Waals surface area contributed by atoms with E-state index in [0.717, 1.165) is 36.9 Å². The van der Waals surface area contributed by atoms with Crippen molar-refractivity contribution in [3.63, 3.8) is 0 Å². The van der Waals surface area contributed by atoms with E-state index in [4.69, 9.17) is 25.8 Å². The number of halogens is 1. The lowest BCUT2D eigenvalue weighted by molar-refractivity contribution is 0.0896. The Hall–Kier alpha value is -0.970. The van der Waals surface area contributed by atoms with Crippen LogP contribution in [0.15, 0.2) is 12.1 Å². The van der Waals surface area contributed by atoms with E-state index < -0.39 is 0 Å². The molecule has 3 aliphatic rings. The summed E-state index contributed by atoms with van der Waals surface area (Å²) < 4.78 is 17.2. The molecule has 114 valence electrons. The third-order valence-corrected chi connectivity index (χ3v) is 4.69. The van der Waals surface area contributed by atoms with Gasteiger partial charge in [0.1, 0.15) is 13.2 Å². The fraction of sp³-hybridized carbons (Fsp3) is 0.625. The molecule has 1 saturated carbocycles. The average molecular weight is 310 g/mol. The zero-order valence-corrected chi connectivity index (χ0v) is 12.7. The fourth-order valence-electron chi connectivity index (χ4n) is 3.11. The Morgan fingerprint density at radius 1 is 1.10 bits per heavy atom. The molecule has 1 aromatic rings. The molecule has 2 unspecified atom stereocenters. The van der Waals surface area contributed by atoms with Gasteiger partial charge in [-0.1, -0.05) is 11.6 Å². The molecule has 1 N–H and O–H groups in total. The van der Waals surface area contributed by atoms with E-state index in [1.165, 1.54) is 12.8 Å². The quantitative estimate of drug-likeness (QED) is 0.928. The molecule has 2 aliphatic heterocycles. The fourth-order valence-corrected chi connectivity index (χ4v) is 3.39. The maximum Gasteiger partial charge on any atom is 0.179 e. The van der Waals surface area contributed by atoms with Crippen LogP contribution < -0.4 is 14.8 Å². The number of rotatable bonds is 4. The van der Waals surface area contributed by atoms with E-state index in [2.05, 4.69) is 5.32 Å². The van der Waals surface area contributed by atoms with Gasteiger partial charge in [-0.25, -0.2) is 0 Å². The largest absolute Gasteiger partial charge is 0.486 e. The second-order valence-electron chi connectivity index (χ2n) is 6.05. The molecule has 21 heavy (non-hydrogen) atoms. The molecule has 1 saturated heterocycles. The molecule has 2 atom stereocenters. The molecule has 4 rings (SSSR count). The third-order valence-electron chi connectivity index (χ3n) is 4.41. The van der Waals surface area contributed by atoms with Crippen LogP contribution in [0.2, 0.25) is 5.02 Å². The van der Waals surface area contributed by atoms with E-state index >= 15 is 0 Å². The number of benzene rings is 1. The summed E-state index contributed by atoms with van der Waals surface area (Å²) in [5.74, 6) is 1.91. The SMILES string of the molecule is Clc1cc(C2OCCC2CNC2CC2)cc2c1OCCO2. The van der Waals surface area contributed by atoms with Crippen LogP contribution in [-0.2, 0) is 4.74 Å². The predicted molar refractivity (Wildman–Crippen MR) is 80.3 cm³/mol. The second-order valence-corrected chi connectivity index (χ2v) is 6.46. The minimum Gasteiger partial charge on any atom is -0.486 e. The van der Waals surface area contributed by atoms with E-state index in [-0.39, 0.29) is 6.10 Å². The highest BCUT2D eigenvalue weighted by atomic mass is 35.5. The maximum atomic E-state index is 6.33. The van der Waals surface area contributed by atoms with Gasteiger partial charge in [-0.3, -0.25) is 0 Å². The summed E-state index contributed by atoms with van der Waals surface area (Å²) in [6.45, 7) is 2.96. The van der Waals surface area contributed by atoms with Crippen LogP contribution in [0.4, 0.5) is 0 Å². The van der Waals surface area contributed by atoms with Crippen molar-refractivity contribution >= 4 is 11.6 Å². The first kappa shape index (κ1) is 13.7. The minimum atomic E-state index is 0.101. The number of hydrogen-bond acceptors (Lipinski definition) is 4. The number of hydrogen-bond donors (Lipinski definition) is 1. The Bertz CT molecular complexity index is 532. The van der Waals surface area contributed by atoms with Crippen molar-refractivity contribution in [2.24, 2.45) is 5.92 Å².